The fourth-order valence-electron chi connectivity index (χ4n) is 2.09. The van der Waals surface area contributed by atoms with Gasteiger partial charge >= 0.3 is 5.63 Å². The first kappa shape index (κ1) is 10.4. The Hall–Kier alpha value is -1.09. The first-order chi connectivity index (χ1) is 7.20. The van der Waals surface area contributed by atoms with Crippen LogP contribution in [-0.2, 0) is 19.3 Å². The highest BCUT2D eigenvalue weighted by Crippen LogP contribution is 2.20. The van der Waals surface area contributed by atoms with Crippen molar-refractivity contribution < 1.29 is 9.52 Å². The van der Waals surface area contributed by atoms with Crippen LogP contribution in [0.2, 0.25) is 0 Å². The Bertz CT molecular complexity index is 406. The molecule has 0 saturated carbocycles. The molecule has 1 unspecified atom stereocenters. The third-order valence-corrected chi connectivity index (χ3v) is 2.88. The van der Waals surface area contributed by atoms with Crippen LogP contribution in [0.5, 0.6) is 0 Å². The van der Waals surface area contributed by atoms with Gasteiger partial charge in [0, 0.05) is 18.4 Å². The number of rotatable bonds is 2. The van der Waals surface area contributed by atoms with Gasteiger partial charge in [-0.2, -0.15) is 0 Å². The molecule has 0 radical (unpaired) electrons. The Labute approximate surface area is 88.7 Å². The van der Waals surface area contributed by atoms with E-state index in [0.717, 1.165) is 37.0 Å². The van der Waals surface area contributed by atoms with Crippen molar-refractivity contribution in [2.24, 2.45) is 0 Å². The first-order valence-corrected chi connectivity index (χ1v) is 5.53. The smallest absolute Gasteiger partial charge is 0.339 e. The van der Waals surface area contributed by atoms with E-state index in [-0.39, 0.29) is 11.7 Å². The van der Waals surface area contributed by atoms with Crippen LogP contribution in [0.15, 0.2) is 15.3 Å². The van der Waals surface area contributed by atoms with E-state index in [0.29, 0.717) is 12.0 Å². The SMILES string of the molecule is CCCc1cc2c(c(=O)o1)CC(O)CC2. The van der Waals surface area contributed by atoms with Gasteiger partial charge < -0.3 is 9.52 Å². The Balaban J connectivity index is 2.39. The summed E-state index contributed by atoms with van der Waals surface area (Å²) in [6.45, 7) is 2.06. The van der Waals surface area contributed by atoms with Gasteiger partial charge in [-0.1, -0.05) is 6.92 Å². The summed E-state index contributed by atoms with van der Waals surface area (Å²) in [6.07, 6.45) is 3.40. The van der Waals surface area contributed by atoms with Crippen LogP contribution in [0.1, 0.15) is 36.7 Å². The van der Waals surface area contributed by atoms with E-state index in [9.17, 15) is 9.90 Å². The van der Waals surface area contributed by atoms with Gasteiger partial charge in [-0.05, 0) is 30.9 Å². The fraction of sp³-hybridized carbons (Fsp3) is 0.583. The monoisotopic (exact) mass is 208 g/mol. The largest absolute Gasteiger partial charge is 0.428 e. The van der Waals surface area contributed by atoms with E-state index in [1.54, 1.807) is 0 Å². The van der Waals surface area contributed by atoms with Crippen LogP contribution in [0.25, 0.3) is 0 Å². The van der Waals surface area contributed by atoms with Gasteiger partial charge in [0.15, 0.2) is 0 Å². The third-order valence-electron chi connectivity index (χ3n) is 2.88. The van der Waals surface area contributed by atoms with Crippen LogP contribution in [0, 0.1) is 0 Å². The van der Waals surface area contributed by atoms with Crippen LogP contribution in [0.4, 0.5) is 0 Å². The molecule has 1 aromatic rings. The number of aliphatic hydroxyl groups excluding tert-OH is 1. The molecule has 3 nitrogen and oxygen atoms in total. The lowest BCUT2D eigenvalue weighted by atomic mass is 9.91. The normalized spacial score (nSPS) is 20.0. The van der Waals surface area contributed by atoms with Crippen LogP contribution < -0.4 is 5.63 Å². The van der Waals surface area contributed by atoms with Gasteiger partial charge in [-0.3, -0.25) is 0 Å². The molecule has 0 spiro atoms. The minimum absolute atomic E-state index is 0.255. The number of aryl methyl sites for hydroxylation is 2. The summed E-state index contributed by atoms with van der Waals surface area (Å²) in [6, 6.07) is 1.98. The standard InChI is InChI=1S/C12H16O3/c1-2-3-10-6-8-4-5-9(13)7-11(8)12(14)15-10/h6,9,13H,2-5,7H2,1H3. The molecule has 1 N–H and O–H groups in total. The lowest BCUT2D eigenvalue weighted by Crippen LogP contribution is -2.25. The molecule has 0 aromatic carbocycles. The molecule has 2 rings (SSSR count). The molecule has 0 bridgehead atoms. The Morgan fingerprint density at radius 1 is 1.60 bits per heavy atom. The second kappa shape index (κ2) is 4.19. The summed E-state index contributed by atoms with van der Waals surface area (Å²) in [7, 11) is 0. The van der Waals surface area contributed by atoms with Crippen molar-refractivity contribution in [2.75, 3.05) is 0 Å². The van der Waals surface area contributed by atoms with Crippen LogP contribution >= 0.6 is 0 Å². The zero-order valence-electron chi connectivity index (χ0n) is 8.95. The van der Waals surface area contributed by atoms with E-state index in [1.807, 2.05) is 6.07 Å². The van der Waals surface area contributed by atoms with Gasteiger partial charge in [0.2, 0.25) is 0 Å². The molecule has 1 aliphatic carbocycles. The Morgan fingerprint density at radius 3 is 3.13 bits per heavy atom. The summed E-state index contributed by atoms with van der Waals surface area (Å²) in [5.74, 6) is 0.776. The first-order valence-electron chi connectivity index (χ1n) is 5.53. The maximum atomic E-state index is 11.6. The highest BCUT2D eigenvalue weighted by molar-refractivity contribution is 5.28. The molecule has 1 aliphatic rings. The Kier molecular flexibility index (Phi) is 2.91. The van der Waals surface area contributed by atoms with E-state index in [1.165, 1.54) is 0 Å². The average molecular weight is 208 g/mol. The summed E-state index contributed by atoms with van der Waals surface area (Å²) in [5.41, 5.74) is 1.49. The molecule has 0 fully saturated rings. The van der Waals surface area contributed by atoms with Crippen molar-refractivity contribution in [1.29, 1.82) is 0 Å². The van der Waals surface area contributed by atoms with E-state index in [4.69, 9.17) is 4.42 Å². The molecular weight excluding hydrogens is 192 g/mol. The van der Waals surface area contributed by atoms with Crippen molar-refractivity contribution in [3.05, 3.63) is 33.4 Å². The summed E-state index contributed by atoms with van der Waals surface area (Å²) < 4.78 is 5.20. The van der Waals surface area contributed by atoms with Crippen molar-refractivity contribution in [3.63, 3.8) is 0 Å². The van der Waals surface area contributed by atoms with Gasteiger partial charge in [-0.15, -0.1) is 0 Å². The molecule has 0 aliphatic heterocycles. The summed E-state index contributed by atoms with van der Waals surface area (Å²) in [5, 5.41) is 9.47. The predicted molar refractivity (Wildman–Crippen MR) is 57.0 cm³/mol. The number of aliphatic hydroxyl groups is 1. The maximum absolute atomic E-state index is 11.6. The molecule has 3 heteroatoms. The average Bonchev–Trinajstić information content (AvgIpc) is 2.20. The zero-order chi connectivity index (χ0) is 10.8. The topological polar surface area (TPSA) is 50.4 Å². The lowest BCUT2D eigenvalue weighted by Gasteiger charge is -2.19. The van der Waals surface area contributed by atoms with Gasteiger partial charge in [0.1, 0.15) is 5.76 Å². The van der Waals surface area contributed by atoms with Crippen molar-refractivity contribution in [2.45, 2.75) is 45.1 Å². The fourth-order valence-corrected chi connectivity index (χ4v) is 2.09. The molecule has 0 saturated heterocycles. The van der Waals surface area contributed by atoms with Crippen molar-refractivity contribution >= 4 is 0 Å². The molecule has 1 heterocycles. The van der Waals surface area contributed by atoms with E-state index < -0.39 is 0 Å². The van der Waals surface area contributed by atoms with Crippen molar-refractivity contribution in [3.8, 4) is 0 Å². The predicted octanol–water partition coefficient (Wildman–Crippen LogP) is 1.44. The van der Waals surface area contributed by atoms with Crippen LogP contribution in [0.3, 0.4) is 0 Å². The Morgan fingerprint density at radius 2 is 2.40 bits per heavy atom. The minimum Gasteiger partial charge on any atom is -0.428 e. The van der Waals surface area contributed by atoms with E-state index >= 15 is 0 Å². The maximum Gasteiger partial charge on any atom is 0.339 e. The second-order valence-corrected chi connectivity index (χ2v) is 4.15. The molecular formula is C12H16O3. The molecule has 1 atom stereocenters. The quantitative estimate of drug-likeness (QED) is 0.800. The van der Waals surface area contributed by atoms with Gasteiger partial charge in [0.25, 0.3) is 0 Å². The second-order valence-electron chi connectivity index (χ2n) is 4.15. The number of hydrogen-bond donors (Lipinski definition) is 1. The molecule has 82 valence electrons. The molecule has 1 aromatic heterocycles. The zero-order valence-corrected chi connectivity index (χ0v) is 8.95. The molecule has 0 amide bonds. The van der Waals surface area contributed by atoms with Crippen molar-refractivity contribution in [1.82, 2.24) is 0 Å². The summed E-state index contributed by atoms with van der Waals surface area (Å²) >= 11 is 0. The van der Waals surface area contributed by atoms with Crippen LogP contribution in [-0.4, -0.2) is 11.2 Å². The van der Waals surface area contributed by atoms with Gasteiger partial charge in [-0.25, -0.2) is 4.79 Å². The number of hydrogen-bond acceptors (Lipinski definition) is 3. The minimum atomic E-state index is -0.377. The van der Waals surface area contributed by atoms with Gasteiger partial charge in [0.05, 0.1) is 6.10 Å². The van der Waals surface area contributed by atoms with E-state index in [2.05, 4.69) is 6.92 Å². The third kappa shape index (κ3) is 2.12. The lowest BCUT2D eigenvalue weighted by molar-refractivity contribution is 0.156. The molecule has 15 heavy (non-hydrogen) atoms. The number of fused-ring (bicyclic) bond motifs is 1. The highest BCUT2D eigenvalue weighted by Gasteiger charge is 2.20. The highest BCUT2D eigenvalue weighted by atomic mass is 16.4. The summed E-state index contributed by atoms with van der Waals surface area (Å²) in [4.78, 5) is 11.6.